The molecular formula is C19H31N5O2. The highest BCUT2D eigenvalue weighted by Crippen LogP contribution is 2.26. The van der Waals surface area contributed by atoms with Crippen LogP contribution in [0.5, 0.6) is 0 Å². The maximum atomic E-state index is 12.1. The lowest BCUT2D eigenvalue weighted by atomic mass is 9.94. The Morgan fingerprint density at radius 2 is 2.19 bits per heavy atom. The number of carbonyl (C=O) groups is 1. The summed E-state index contributed by atoms with van der Waals surface area (Å²) in [6, 6.07) is 3.04. The number of ether oxygens (including phenoxy) is 1. The summed E-state index contributed by atoms with van der Waals surface area (Å²) in [7, 11) is 0. The summed E-state index contributed by atoms with van der Waals surface area (Å²) in [5, 5.41) is 11.0. The molecule has 0 unspecified atom stereocenters. The van der Waals surface area contributed by atoms with Gasteiger partial charge in [-0.3, -0.25) is 14.4 Å². The fourth-order valence-corrected chi connectivity index (χ4v) is 4.43. The molecule has 1 aromatic rings. The summed E-state index contributed by atoms with van der Waals surface area (Å²) in [4.78, 5) is 14.8. The van der Waals surface area contributed by atoms with Crippen molar-refractivity contribution in [2.45, 2.75) is 70.2 Å². The van der Waals surface area contributed by atoms with Crippen LogP contribution in [0.2, 0.25) is 0 Å². The van der Waals surface area contributed by atoms with Gasteiger partial charge in [0.05, 0.1) is 37.7 Å². The average Bonchev–Trinajstić information content (AvgIpc) is 3.10. The number of carbonyl (C=O) groups excluding carboxylic acids is 1. The Hall–Kier alpha value is -1.44. The lowest BCUT2D eigenvalue weighted by Gasteiger charge is -2.36. The first-order valence-corrected chi connectivity index (χ1v) is 10.2. The summed E-state index contributed by atoms with van der Waals surface area (Å²) in [6.45, 7) is 5.73. The monoisotopic (exact) mass is 361 g/mol. The van der Waals surface area contributed by atoms with Crippen LogP contribution in [-0.2, 0) is 29.2 Å². The van der Waals surface area contributed by atoms with Gasteiger partial charge in [0.2, 0.25) is 5.91 Å². The molecule has 4 rings (SSSR count). The Kier molecular flexibility index (Phi) is 5.87. The number of hydrogen-bond donors (Lipinski definition) is 2. The van der Waals surface area contributed by atoms with Crippen molar-refractivity contribution in [1.29, 1.82) is 0 Å². The van der Waals surface area contributed by atoms with Crippen molar-refractivity contribution in [3.8, 4) is 0 Å². The van der Waals surface area contributed by atoms with Crippen molar-refractivity contribution in [2.75, 3.05) is 26.3 Å². The minimum atomic E-state index is 0.0582. The minimum Gasteiger partial charge on any atom is -0.378 e. The molecule has 1 aromatic heterocycles. The topological polar surface area (TPSA) is 71.4 Å². The Morgan fingerprint density at radius 3 is 3.00 bits per heavy atom. The van der Waals surface area contributed by atoms with E-state index in [1.54, 1.807) is 0 Å². The second-order valence-electron chi connectivity index (χ2n) is 7.82. The molecule has 1 amide bonds. The van der Waals surface area contributed by atoms with Gasteiger partial charge in [0.15, 0.2) is 0 Å². The number of nitrogens with one attached hydrogen (secondary N) is 2. The summed E-state index contributed by atoms with van der Waals surface area (Å²) >= 11 is 0. The van der Waals surface area contributed by atoms with E-state index in [1.165, 1.54) is 37.8 Å². The van der Waals surface area contributed by atoms with Crippen molar-refractivity contribution in [2.24, 2.45) is 0 Å². The molecule has 0 aromatic carbocycles. The zero-order valence-electron chi connectivity index (χ0n) is 15.6. The van der Waals surface area contributed by atoms with Gasteiger partial charge in [-0.1, -0.05) is 19.3 Å². The van der Waals surface area contributed by atoms with Crippen LogP contribution in [-0.4, -0.2) is 59.0 Å². The standard InChI is InChI=1S/C19H31N5O2/c25-19(11-16-14-26-9-6-20-16)21-12-15-10-18-13-23(7-8-24(18)22-15)17-4-2-1-3-5-17/h10,16-17,20H,1-9,11-14H2,(H,21,25)/t16-/m1/s1. The van der Waals surface area contributed by atoms with Gasteiger partial charge in [0.25, 0.3) is 0 Å². The second kappa shape index (κ2) is 8.50. The first-order chi connectivity index (χ1) is 12.8. The fourth-order valence-electron chi connectivity index (χ4n) is 4.43. The van der Waals surface area contributed by atoms with Gasteiger partial charge in [-0.05, 0) is 18.9 Å². The molecule has 3 aliphatic rings. The lowest BCUT2D eigenvalue weighted by Crippen LogP contribution is -2.44. The molecule has 2 aliphatic heterocycles. The number of fused-ring (bicyclic) bond motifs is 1. The molecule has 0 radical (unpaired) electrons. The van der Waals surface area contributed by atoms with Crippen LogP contribution in [0.15, 0.2) is 6.07 Å². The van der Waals surface area contributed by atoms with Crippen molar-refractivity contribution in [1.82, 2.24) is 25.3 Å². The molecule has 144 valence electrons. The van der Waals surface area contributed by atoms with Crippen LogP contribution in [0.1, 0.15) is 49.9 Å². The van der Waals surface area contributed by atoms with E-state index in [1.807, 2.05) is 0 Å². The molecule has 1 atom stereocenters. The molecule has 1 saturated heterocycles. The van der Waals surface area contributed by atoms with Crippen LogP contribution in [0.3, 0.4) is 0 Å². The molecule has 1 aliphatic carbocycles. The van der Waals surface area contributed by atoms with Crippen LogP contribution in [0.25, 0.3) is 0 Å². The molecule has 0 spiro atoms. The molecular weight excluding hydrogens is 330 g/mol. The summed E-state index contributed by atoms with van der Waals surface area (Å²) in [6.07, 6.45) is 7.29. The summed E-state index contributed by atoms with van der Waals surface area (Å²) in [5.41, 5.74) is 2.25. The third kappa shape index (κ3) is 4.45. The predicted molar refractivity (Wildman–Crippen MR) is 98.6 cm³/mol. The van der Waals surface area contributed by atoms with E-state index in [9.17, 15) is 4.79 Å². The minimum absolute atomic E-state index is 0.0582. The number of rotatable bonds is 5. The number of hydrogen-bond acceptors (Lipinski definition) is 5. The zero-order chi connectivity index (χ0) is 17.8. The molecule has 3 heterocycles. The van der Waals surface area contributed by atoms with E-state index >= 15 is 0 Å². The van der Waals surface area contributed by atoms with Crippen molar-refractivity contribution in [3.63, 3.8) is 0 Å². The van der Waals surface area contributed by atoms with E-state index in [4.69, 9.17) is 4.74 Å². The quantitative estimate of drug-likeness (QED) is 0.820. The smallest absolute Gasteiger partial charge is 0.221 e. The lowest BCUT2D eigenvalue weighted by molar-refractivity contribution is -0.122. The van der Waals surface area contributed by atoms with E-state index in [0.29, 0.717) is 19.6 Å². The van der Waals surface area contributed by atoms with Crippen LogP contribution in [0, 0.1) is 0 Å². The van der Waals surface area contributed by atoms with Gasteiger partial charge in [-0.25, -0.2) is 0 Å². The molecule has 2 fully saturated rings. The Labute approximate surface area is 155 Å². The highest BCUT2D eigenvalue weighted by molar-refractivity contribution is 5.76. The highest BCUT2D eigenvalue weighted by atomic mass is 16.5. The zero-order valence-corrected chi connectivity index (χ0v) is 15.6. The molecule has 2 N–H and O–H groups in total. The summed E-state index contributed by atoms with van der Waals surface area (Å²) < 4.78 is 7.52. The maximum absolute atomic E-state index is 12.1. The van der Waals surface area contributed by atoms with Gasteiger partial charge in [0.1, 0.15) is 0 Å². The van der Waals surface area contributed by atoms with E-state index < -0.39 is 0 Å². The van der Waals surface area contributed by atoms with Crippen LogP contribution in [0.4, 0.5) is 0 Å². The Morgan fingerprint density at radius 1 is 1.31 bits per heavy atom. The molecule has 7 heteroatoms. The maximum Gasteiger partial charge on any atom is 0.221 e. The molecule has 0 bridgehead atoms. The number of aromatic nitrogens is 2. The fraction of sp³-hybridized carbons (Fsp3) is 0.789. The van der Waals surface area contributed by atoms with Crippen molar-refractivity contribution >= 4 is 5.91 Å². The predicted octanol–water partition coefficient (Wildman–Crippen LogP) is 1.03. The van der Waals surface area contributed by atoms with Gasteiger partial charge in [-0.15, -0.1) is 0 Å². The Bertz CT molecular complexity index is 605. The number of nitrogens with zero attached hydrogens (tertiary/aromatic N) is 3. The van der Waals surface area contributed by atoms with Gasteiger partial charge in [-0.2, -0.15) is 5.10 Å². The van der Waals surface area contributed by atoms with Gasteiger partial charge in [0, 0.05) is 38.1 Å². The molecule has 26 heavy (non-hydrogen) atoms. The van der Waals surface area contributed by atoms with E-state index in [0.717, 1.165) is 44.5 Å². The number of amides is 1. The first kappa shape index (κ1) is 17.9. The van der Waals surface area contributed by atoms with Crippen molar-refractivity contribution in [3.05, 3.63) is 17.5 Å². The average molecular weight is 361 g/mol. The van der Waals surface area contributed by atoms with Crippen LogP contribution < -0.4 is 10.6 Å². The third-order valence-corrected chi connectivity index (χ3v) is 5.87. The normalized spacial score (nSPS) is 25.0. The SMILES string of the molecule is O=C(C[C@@H]1COCCN1)NCc1cc2n(n1)CCN(C1CCCCC1)C2. The van der Waals surface area contributed by atoms with E-state index in [2.05, 4.69) is 31.4 Å². The van der Waals surface area contributed by atoms with Crippen molar-refractivity contribution < 1.29 is 9.53 Å². The number of morpholine rings is 1. The first-order valence-electron chi connectivity index (χ1n) is 10.2. The third-order valence-electron chi connectivity index (χ3n) is 5.87. The molecule has 1 saturated carbocycles. The van der Waals surface area contributed by atoms with Gasteiger partial charge >= 0.3 is 0 Å². The van der Waals surface area contributed by atoms with E-state index in [-0.39, 0.29) is 11.9 Å². The van der Waals surface area contributed by atoms with Gasteiger partial charge < -0.3 is 15.4 Å². The Balaban J connectivity index is 1.27. The summed E-state index contributed by atoms with van der Waals surface area (Å²) in [5.74, 6) is 0.0582. The largest absolute Gasteiger partial charge is 0.378 e. The highest BCUT2D eigenvalue weighted by Gasteiger charge is 2.26. The van der Waals surface area contributed by atoms with Crippen LogP contribution >= 0.6 is 0 Å². The second-order valence-corrected chi connectivity index (χ2v) is 7.82. The molecule has 7 nitrogen and oxygen atoms in total.